The summed E-state index contributed by atoms with van der Waals surface area (Å²) in [4.78, 5) is 31.1. The van der Waals surface area contributed by atoms with Gasteiger partial charge in [0.15, 0.2) is 0 Å². The minimum absolute atomic E-state index is 0.117. The monoisotopic (exact) mass is 461 g/mol. The van der Waals surface area contributed by atoms with Gasteiger partial charge >= 0.3 is 0 Å². The van der Waals surface area contributed by atoms with Gasteiger partial charge in [0, 0.05) is 31.6 Å². The molecule has 0 spiro atoms. The molecule has 1 aromatic heterocycles. The first-order valence-electron chi connectivity index (χ1n) is 10.0. The van der Waals surface area contributed by atoms with Crippen LogP contribution in [-0.4, -0.2) is 36.7 Å². The number of rotatable bonds is 12. The van der Waals surface area contributed by atoms with Crippen LogP contribution in [0.15, 0.2) is 35.5 Å². The first-order chi connectivity index (χ1) is 15.0. The Hall–Kier alpha value is -2.71. The molecule has 31 heavy (non-hydrogen) atoms. The lowest BCUT2D eigenvalue weighted by molar-refractivity contribution is -0.121. The molecule has 7 nitrogen and oxygen atoms in total. The zero-order chi connectivity index (χ0) is 22.1. The first-order valence-corrected chi connectivity index (χ1v) is 11.2. The van der Waals surface area contributed by atoms with Gasteiger partial charge in [-0.15, -0.1) is 0 Å². The summed E-state index contributed by atoms with van der Waals surface area (Å²) >= 11 is 7.67. The third-order valence-corrected chi connectivity index (χ3v) is 5.59. The summed E-state index contributed by atoms with van der Waals surface area (Å²) in [6.07, 6.45) is 8.80. The van der Waals surface area contributed by atoms with Crippen LogP contribution >= 0.6 is 22.9 Å². The summed E-state index contributed by atoms with van der Waals surface area (Å²) < 4.78 is 11.5. The molecule has 3 rings (SSSR count). The molecule has 2 aromatic rings. The van der Waals surface area contributed by atoms with Crippen molar-refractivity contribution in [2.24, 2.45) is 10.9 Å². The highest BCUT2D eigenvalue weighted by atomic mass is 35.5. The van der Waals surface area contributed by atoms with Crippen molar-refractivity contribution in [2.75, 3.05) is 13.2 Å². The van der Waals surface area contributed by atoms with Gasteiger partial charge in [-0.25, -0.2) is 9.98 Å². The number of nitrogens with one attached hydrogen (secondary N) is 1. The number of nitrogens with zero attached hydrogens (tertiary/aromatic N) is 2. The minimum Gasteiger partial charge on any atom is -0.493 e. The van der Waals surface area contributed by atoms with Crippen molar-refractivity contribution in [3.05, 3.63) is 40.4 Å². The molecule has 1 aliphatic rings. The van der Waals surface area contributed by atoms with Crippen LogP contribution in [0.4, 0.5) is 0 Å². The summed E-state index contributed by atoms with van der Waals surface area (Å²) in [6, 6.07) is 5.36. The predicted molar refractivity (Wildman–Crippen MR) is 122 cm³/mol. The topological polar surface area (TPSA) is 89.9 Å². The standard InChI is InChI=1S/C22H24ClN3O4S/c1-24-20(27)5-2-6-21(28)25-11-3-4-17-13-26-22(31-17)30-19-10-9-16(12-18(19)23)29-14-15-7-8-15/h3-4,9-10,12-13,15H,1-2,5-8,11,14H2,(H,25,28)/b4-3+. The van der Waals surface area contributed by atoms with Crippen LogP contribution in [0.1, 0.15) is 37.0 Å². The number of amides is 2. The maximum absolute atomic E-state index is 11.7. The predicted octanol–water partition coefficient (Wildman–Crippen LogP) is 4.90. The Balaban J connectivity index is 1.41. The number of halogens is 1. The van der Waals surface area contributed by atoms with Gasteiger partial charge < -0.3 is 14.8 Å². The fourth-order valence-electron chi connectivity index (χ4n) is 2.56. The second-order valence-electron chi connectivity index (χ2n) is 7.09. The molecule has 9 heteroatoms. The Labute approximate surface area is 190 Å². The van der Waals surface area contributed by atoms with E-state index in [0.717, 1.165) is 17.2 Å². The number of carbonyl (C=O) groups is 2. The third-order valence-electron chi connectivity index (χ3n) is 4.46. The molecule has 0 saturated heterocycles. The zero-order valence-electron chi connectivity index (χ0n) is 17.0. The number of aromatic nitrogens is 1. The highest BCUT2D eigenvalue weighted by Gasteiger charge is 2.22. The molecule has 2 amide bonds. The van der Waals surface area contributed by atoms with Gasteiger partial charge in [-0.3, -0.25) is 9.59 Å². The van der Waals surface area contributed by atoms with E-state index in [1.165, 1.54) is 24.2 Å². The molecule has 1 aromatic carbocycles. The highest BCUT2D eigenvalue weighted by molar-refractivity contribution is 7.14. The van der Waals surface area contributed by atoms with Crippen molar-refractivity contribution in [1.29, 1.82) is 0 Å². The van der Waals surface area contributed by atoms with E-state index in [0.29, 0.717) is 34.8 Å². The average molecular weight is 462 g/mol. The van der Waals surface area contributed by atoms with Crippen LogP contribution in [0.5, 0.6) is 16.7 Å². The molecule has 1 saturated carbocycles. The van der Waals surface area contributed by atoms with Crippen LogP contribution in [0.3, 0.4) is 0 Å². The third kappa shape index (κ3) is 8.15. The maximum atomic E-state index is 11.7. The molecule has 0 atom stereocenters. The summed E-state index contributed by atoms with van der Waals surface area (Å²) in [5.74, 6) is 1.51. The maximum Gasteiger partial charge on any atom is 0.279 e. The minimum atomic E-state index is -0.296. The lowest BCUT2D eigenvalue weighted by Gasteiger charge is -2.08. The van der Waals surface area contributed by atoms with Crippen molar-refractivity contribution in [2.45, 2.75) is 32.1 Å². The second kappa shape index (κ2) is 11.6. The van der Waals surface area contributed by atoms with Crippen molar-refractivity contribution >= 4 is 47.5 Å². The molecule has 0 bridgehead atoms. The van der Waals surface area contributed by atoms with Gasteiger partial charge in [0.1, 0.15) is 11.5 Å². The summed E-state index contributed by atoms with van der Waals surface area (Å²) in [5.41, 5.74) is 0. The smallest absolute Gasteiger partial charge is 0.279 e. The van der Waals surface area contributed by atoms with E-state index in [4.69, 9.17) is 21.1 Å². The molecular weight excluding hydrogens is 438 g/mol. The Morgan fingerprint density at radius 3 is 2.94 bits per heavy atom. The van der Waals surface area contributed by atoms with Crippen molar-refractivity contribution < 1.29 is 19.1 Å². The molecule has 164 valence electrons. The Morgan fingerprint density at radius 1 is 1.35 bits per heavy atom. The number of ether oxygens (including phenoxy) is 2. The number of benzene rings is 1. The van der Waals surface area contributed by atoms with Gasteiger partial charge in [0.05, 0.1) is 16.5 Å². The van der Waals surface area contributed by atoms with Crippen LogP contribution in [0.2, 0.25) is 5.02 Å². The van der Waals surface area contributed by atoms with E-state index in [1.54, 1.807) is 18.3 Å². The van der Waals surface area contributed by atoms with Crippen LogP contribution in [-0.2, 0) is 9.59 Å². The second-order valence-corrected chi connectivity index (χ2v) is 8.52. The quantitative estimate of drug-likeness (QED) is 0.454. The van der Waals surface area contributed by atoms with Gasteiger partial charge in [-0.1, -0.05) is 29.0 Å². The summed E-state index contributed by atoms with van der Waals surface area (Å²) in [7, 11) is 0. The zero-order valence-corrected chi connectivity index (χ0v) is 18.6. The largest absolute Gasteiger partial charge is 0.493 e. The Kier molecular flexibility index (Phi) is 8.61. The number of carbonyl (C=O) groups excluding carboxylic acids is 2. The first kappa shape index (κ1) is 23.0. The molecule has 0 radical (unpaired) electrons. The van der Waals surface area contributed by atoms with Crippen molar-refractivity contribution in [1.82, 2.24) is 10.3 Å². The molecule has 1 aliphatic carbocycles. The number of hydrogen-bond acceptors (Lipinski definition) is 6. The summed E-state index contributed by atoms with van der Waals surface area (Å²) in [6.45, 7) is 4.27. The van der Waals surface area contributed by atoms with E-state index < -0.39 is 0 Å². The highest BCUT2D eigenvalue weighted by Crippen LogP contribution is 2.35. The normalized spacial score (nSPS) is 13.2. The molecular formula is C22H24ClN3O4S. The van der Waals surface area contributed by atoms with E-state index in [1.807, 2.05) is 18.2 Å². The molecule has 1 fully saturated rings. The Bertz CT molecular complexity index is 956. The fraction of sp³-hybridized carbons (Fsp3) is 0.364. The summed E-state index contributed by atoms with van der Waals surface area (Å²) in [5, 5.41) is 3.70. The van der Waals surface area contributed by atoms with Crippen LogP contribution in [0.25, 0.3) is 6.08 Å². The fourth-order valence-corrected chi connectivity index (χ4v) is 3.47. The van der Waals surface area contributed by atoms with Gasteiger partial charge in [-0.05, 0) is 50.1 Å². The van der Waals surface area contributed by atoms with Gasteiger partial charge in [0.2, 0.25) is 11.8 Å². The van der Waals surface area contributed by atoms with Gasteiger partial charge in [-0.2, -0.15) is 0 Å². The lowest BCUT2D eigenvalue weighted by atomic mass is 10.2. The van der Waals surface area contributed by atoms with Crippen LogP contribution in [0, 0.1) is 5.92 Å². The number of hydrogen-bond donors (Lipinski definition) is 1. The lowest BCUT2D eigenvalue weighted by Crippen LogP contribution is -2.22. The van der Waals surface area contributed by atoms with E-state index in [-0.39, 0.29) is 24.7 Å². The number of aliphatic imine (C=N–C) groups is 1. The Morgan fingerprint density at radius 2 is 2.19 bits per heavy atom. The van der Waals surface area contributed by atoms with Crippen molar-refractivity contribution in [3.63, 3.8) is 0 Å². The molecule has 1 N–H and O–H groups in total. The van der Waals surface area contributed by atoms with E-state index >= 15 is 0 Å². The van der Waals surface area contributed by atoms with Crippen LogP contribution < -0.4 is 14.8 Å². The van der Waals surface area contributed by atoms with E-state index in [2.05, 4.69) is 22.0 Å². The van der Waals surface area contributed by atoms with Crippen molar-refractivity contribution in [3.8, 4) is 16.7 Å². The molecule has 1 heterocycles. The number of thiazole rings is 1. The molecule has 0 unspecified atom stereocenters. The van der Waals surface area contributed by atoms with E-state index in [9.17, 15) is 9.59 Å². The van der Waals surface area contributed by atoms with Gasteiger partial charge in [0.25, 0.3) is 5.19 Å². The average Bonchev–Trinajstić information content (AvgIpc) is 3.49. The SMILES string of the molecule is C=NC(=O)CCCC(=O)NC/C=C/c1cnc(Oc2ccc(OCC3CC3)cc2Cl)s1. The molecule has 0 aliphatic heterocycles.